The first-order valence-electron chi connectivity index (χ1n) is 15.4. The van der Waals surface area contributed by atoms with E-state index in [-0.39, 0.29) is 29.8 Å². The Morgan fingerprint density at radius 3 is 2.45 bits per heavy atom. The highest BCUT2D eigenvalue weighted by Gasteiger charge is 2.41. The van der Waals surface area contributed by atoms with Crippen molar-refractivity contribution in [2.75, 3.05) is 19.6 Å². The standard InChI is InChI=1S/C35H38Cl3FN4O/c1-3-42(20-28-30(39)14-7-21(2)33(28)37)18-22-8-10-23(11-9-22)27-15-25-16-40-17-31(41-25)32(27)35(44)43(26-12-13-26)19-24-5-4-6-29(36)34(24)38/h4-11,14,25-26,31,40-41H,3,12-13,15-20H2,1-2H3/t25-,31+/m0/s1. The monoisotopic (exact) mass is 654 g/mol. The van der Waals surface area contributed by atoms with Crippen LogP contribution in [0.3, 0.4) is 0 Å². The molecule has 1 saturated heterocycles. The number of benzene rings is 3. The molecule has 0 radical (unpaired) electrons. The third-order valence-electron chi connectivity index (χ3n) is 9.07. The van der Waals surface area contributed by atoms with E-state index in [1.165, 1.54) is 6.07 Å². The maximum atomic E-state index is 14.6. The Morgan fingerprint density at radius 2 is 1.73 bits per heavy atom. The zero-order valence-electron chi connectivity index (χ0n) is 25.1. The molecule has 2 aliphatic heterocycles. The summed E-state index contributed by atoms with van der Waals surface area (Å²) in [7, 11) is 0. The first kappa shape index (κ1) is 31.5. The molecule has 5 nitrogen and oxygen atoms in total. The smallest absolute Gasteiger partial charge is 0.252 e. The molecule has 1 aliphatic carbocycles. The molecule has 1 saturated carbocycles. The molecule has 44 heavy (non-hydrogen) atoms. The molecule has 0 unspecified atom stereocenters. The van der Waals surface area contributed by atoms with Crippen molar-refractivity contribution in [3.05, 3.63) is 109 Å². The molecule has 3 aromatic rings. The number of carbonyl (C=O) groups is 1. The number of amides is 1. The topological polar surface area (TPSA) is 47.6 Å². The Balaban J connectivity index is 1.27. The molecular weight excluding hydrogens is 618 g/mol. The molecule has 2 atom stereocenters. The van der Waals surface area contributed by atoms with E-state index in [1.54, 1.807) is 12.1 Å². The van der Waals surface area contributed by atoms with Crippen molar-refractivity contribution in [3.63, 3.8) is 0 Å². The maximum Gasteiger partial charge on any atom is 0.252 e. The van der Waals surface area contributed by atoms with Crippen LogP contribution in [0.15, 0.2) is 60.2 Å². The van der Waals surface area contributed by atoms with Gasteiger partial charge in [-0.2, -0.15) is 0 Å². The van der Waals surface area contributed by atoms with Gasteiger partial charge in [0.25, 0.3) is 5.91 Å². The fraction of sp³-hybridized carbons (Fsp3) is 0.400. The fourth-order valence-corrected chi connectivity index (χ4v) is 7.03. The summed E-state index contributed by atoms with van der Waals surface area (Å²) in [6, 6.07) is 17.7. The number of fused-ring (bicyclic) bond motifs is 2. The van der Waals surface area contributed by atoms with E-state index in [2.05, 4.69) is 46.7 Å². The van der Waals surface area contributed by atoms with Crippen LogP contribution in [0.2, 0.25) is 15.1 Å². The SMILES string of the molecule is CCN(Cc1ccc(C2=C(C(=O)N(Cc3cccc(Cl)c3Cl)C3CC3)[C@H]3CNC[C@H](C2)N3)cc1)Cc1c(F)ccc(C)c1Cl. The predicted molar refractivity (Wildman–Crippen MR) is 178 cm³/mol. The highest BCUT2D eigenvalue weighted by atomic mass is 35.5. The number of nitrogens with zero attached hydrogens (tertiary/aromatic N) is 2. The molecule has 2 heterocycles. The minimum absolute atomic E-state index is 0.0645. The Labute approximate surface area is 274 Å². The lowest BCUT2D eigenvalue weighted by atomic mass is 9.83. The van der Waals surface area contributed by atoms with Gasteiger partial charge >= 0.3 is 0 Å². The lowest BCUT2D eigenvalue weighted by molar-refractivity contribution is -0.128. The van der Waals surface area contributed by atoms with Crippen LogP contribution in [-0.2, 0) is 24.4 Å². The normalized spacial score (nSPS) is 19.9. The van der Waals surface area contributed by atoms with Gasteiger partial charge in [-0.3, -0.25) is 9.69 Å². The Morgan fingerprint density at radius 1 is 0.955 bits per heavy atom. The molecule has 3 aliphatic rings. The van der Waals surface area contributed by atoms with E-state index in [9.17, 15) is 9.18 Å². The first-order valence-corrected chi connectivity index (χ1v) is 16.6. The molecule has 1 amide bonds. The summed E-state index contributed by atoms with van der Waals surface area (Å²) in [4.78, 5) is 18.6. The Bertz CT molecular complexity index is 1570. The number of nitrogens with one attached hydrogen (secondary N) is 2. The molecule has 232 valence electrons. The quantitative estimate of drug-likeness (QED) is 0.239. The summed E-state index contributed by atoms with van der Waals surface area (Å²) in [6.07, 6.45) is 2.75. The second-order valence-electron chi connectivity index (χ2n) is 12.2. The van der Waals surface area contributed by atoms with Crippen molar-refractivity contribution in [1.29, 1.82) is 0 Å². The van der Waals surface area contributed by atoms with Crippen molar-refractivity contribution in [2.24, 2.45) is 0 Å². The van der Waals surface area contributed by atoms with E-state index < -0.39 is 0 Å². The molecule has 6 rings (SSSR count). The fourth-order valence-electron chi connectivity index (χ4n) is 6.43. The second-order valence-corrected chi connectivity index (χ2v) is 13.4. The predicted octanol–water partition coefficient (Wildman–Crippen LogP) is 7.39. The van der Waals surface area contributed by atoms with Crippen molar-refractivity contribution in [2.45, 2.75) is 70.9 Å². The van der Waals surface area contributed by atoms with E-state index >= 15 is 0 Å². The number of halogens is 4. The largest absolute Gasteiger partial charge is 0.331 e. The van der Waals surface area contributed by atoms with Crippen molar-refractivity contribution in [1.82, 2.24) is 20.4 Å². The maximum absolute atomic E-state index is 14.6. The summed E-state index contributed by atoms with van der Waals surface area (Å²) >= 11 is 19.3. The molecular formula is C35H38Cl3FN4O. The van der Waals surface area contributed by atoms with Crippen molar-refractivity contribution >= 4 is 46.3 Å². The van der Waals surface area contributed by atoms with E-state index in [0.717, 1.165) is 65.8 Å². The molecule has 2 bridgehead atoms. The van der Waals surface area contributed by atoms with Gasteiger partial charge in [0.15, 0.2) is 0 Å². The molecule has 2 N–H and O–H groups in total. The average molecular weight is 656 g/mol. The van der Waals surface area contributed by atoms with Crippen LogP contribution in [0, 0.1) is 12.7 Å². The van der Waals surface area contributed by atoms with E-state index in [1.807, 2.05) is 24.0 Å². The van der Waals surface area contributed by atoms with Gasteiger partial charge in [-0.15, -0.1) is 0 Å². The van der Waals surface area contributed by atoms with Crippen LogP contribution in [0.5, 0.6) is 0 Å². The van der Waals surface area contributed by atoms with Gasteiger partial charge in [-0.1, -0.05) is 84.2 Å². The number of rotatable bonds is 10. The number of hydrogen-bond acceptors (Lipinski definition) is 4. The summed E-state index contributed by atoms with van der Waals surface area (Å²) in [5, 5.41) is 8.71. The summed E-state index contributed by atoms with van der Waals surface area (Å²) in [5.74, 6) is -0.209. The van der Waals surface area contributed by atoms with Crippen LogP contribution in [-0.4, -0.2) is 53.5 Å². The van der Waals surface area contributed by atoms with E-state index in [0.29, 0.717) is 46.8 Å². The van der Waals surface area contributed by atoms with E-state index in [4.69, 9.17) is 34.8 Å². The van der Waals surface area contributed by atoms with Crippen LogP contribution < -0.4 is 10.6 Å². The third-order valence-corrected chi connectivity index (χ3v) is 10.5. The zero-order valence-corrected chi connectivity index (χ0v) is 27.4. The van der Waals surface area contributed by atoms with Crippen molar-refractivity contribution in [3.8, 4) is 0 Å². The molecule has 2 fully saturated rings. The lowest BCUT2D eigenvalue weighted by Crippen LogP contribution is -2.60. The summed E-state index contributed by atoms with van der Waals surface area (Å²) in [5.41, 5.74) is 6.42. The zero-order chi connectivity index (χ0) is 31.0. The summed E-state index contributed by atoms with van der Waals surface area (Å²) in [6.45, 7) is 7.83. The van der Waals surface area contributed by atoms with Crippen molar-refractivity contribution < 1.29 is 9.18 Å². The average Bonchev–Trinajstić information content (AvgIpc) is 3.87. The van der Waals surface area contributed by atoms with Crippen LogP contribution in [0.4, 0.5) is 4.39 Å². The van der Waals surface area contributed by atoms with Gasteiger partial charge in [-0.25, -0.2) is 4.39 Å². The molecule has 0 spiro atoms. The Kier molecular flexibility index (Phi) is 9.67. The third kappa shape index (κ3) is 6.72. The lowest BCUT2D eigenvalue weighted by Gasteiger charge is -2.41. The minimum atomic E-state index is -0.276. The molecule has 9 heteroatoms. The van der Waals surface area contributed by atoms with Gasteiger partial charge in [0.2, 0.25) is 0 Å². The van der Waals surface area contributed by atoms with Crippen LogP contribution in [0.1, 0.15) is 54.0 Å². The number of piperazine rings is 1. The van der Waals surface area contributed by atoms with Gasteiger partial charge in [-0.05, 0) is 72.7 Å². The highest BCUT2D eigenvalue weighted by molar-refractivity contribution is 6.42. The molecule has 0 aromatic heterocycles. The van der Waals surface area contributed by atoms with Crippen LogP contribution >= 0.6 is 34.8 Å². The van der Waals surface area contributed by atoms with Gasteiger partial charge in [0.05, 0.1) is 21.1 Å². The van der Waals surface area contributed by atoms with Gasteiger partial charge < -0.3 is 15.5 Å². The van der Waals surface area contributed by atoms with Crippen LogP contribution in [0.25, 0.3) is 5.57 Å². The minimum Gasteiger partial charge on any atom is -0.331 e. The first-order chi connectivity index (χ1) is 21.2. The van der Waals surface area contributed by atoms with Gasteiger partial charge in [0, 0.05) is 55.9 Å². The number of carbonyl (C=O) groups excluding carboxylic acids is 1. The number of aryl methyl sites for hydroxylation is 1. The highest BCUT2D eigenvalue weighted by Crippen LogP contribution is 2.38. The van der Waals surface area contributed by atoms with Gasteiger partial charge in [0.1, 0.15) is 5.82 Å². The summed E-state index contributed by atoms with van der Waals surface area (Å²) < 4.78 is 14.6. The molecule has 3 aromatic carbocycles. The Hall–Kier alpha value is -2.45. The number of hydrogen-bond donors (Lipinski definition) is 2. The second kappa shape index (κ2) is 13.5.